The minimum Gasteiger partial charge on any atom is -0.393 e. The molecule has 0 aromatic carbocycles. The average Bonchev–Trinajstić information content (AvgIpc) is 3.85. The van der Waals surface area contributed by atoms with E-state index in [0.717, 1.165) is 75.0 Å². The summed E-state index contributed by atoms with van der Waals surface area (Å²) in [5.41, 5.74) is 1.62. The van der Waals surface area contributed by atoms with Gasteiger partial charge in [-0.2, -0.15) is 0 Å². The fourth-order valence-electron chi connectivity index (χ4n) is 18.9. The van der Waals surface area contributed by atoms with Crippen molar-refractivity contribution in [2.75, 3.05) is 0 Å². The van der Waals surface area contributed by atoms with Crippen molar-refractivity contribution in [2.45, 2.75) is 239 Å². The highest BCUT2D eigenvalue weighted by Crippen LogP contribution is 2.70. The Morgan fingerprint density at radius 3 is 1.43 bits per heavy atom. The van der Waals surface area contributed by atoms with E-state index in [0.29, 0.717) is 81.6 Å². The average molecular weight is 835 g/mol. The zero-order chi connectivity index (χ0) is 42.9. The molecule has 60 heavy (non-hydrogen) atoms. The van der Waals surface area contributed by atoms with Crippen molar-refractivity contribution in [3.05, 3.63) is 0 Å². The van der Waals surface area contributed by atoms with Gasteiger partial charge in [0.05, 0.1) is 41.7 Å². The molecule has 342 valence electrons. The molecule has 10 fully saturated rings. The van der Waals surface area contributed by atoms with Crippen molar-refractivity contribution >= 4 is 5.78 Å². The normalized spacial score (nSPS) is 54.1. The van der Waals surface area contributed by atoms with Crippen molar-refractivity contribution in [3.8, 4) is 0 Å². The van der Waals surface area contributed by atoms with Gasteiger partial charge in [-0.25, -0.2) is 0 Å². The van der Waals surface area contributed by atoms with Gasteiger partial charge in [-0.15, -0.1) is 0 Å². The largest absolute Gasteiger partial charge is 0.393 e. The Labute approximate surface area is 366 Å². The van der Waals surface area contributed by atoms with Gasteiger partial charge in [-0.1, -0.05) is 41.5 Å². The monoisotopic (exact) mass is 835 g/mol. The second-order valence-corrected chi connectivity index (χ2v) is 26.2. The lowest BCUT2D eigenvalue weighted by molar-refractivity contribution is -0.174. The zero-order valence-electron chi connectivity index (χ0n) is 40.0. The number of ether oxygens (including phenoxy) is 2. The molecule has 21 atom stereocenters. The Bertz CT molecular complexity index is 1590. The molecule has 2 saturated heterocycles. The molecule has 2 aliphatic heterocycles. The van der Waals surface area contributed by atoms with E-state index in [1.807, 2.05) is 0 Å². The predicted molar refractivity (Wildman–Crippen MR) is 239 cm³/mol. The van der Waals surface area contributed by atoms with Crippen LogP contribution in [0.25, 0.3) is 0 Å². The highest BCUT2D eigenvalue weighted by molar-refractivity contribution is 5.79. The summed E-state index contributed by atoms with van der Waals surface area (Å²) < 4.78 is 11.7. The van der Waals surface area contributed by atoms with Crippen LogP contribution in [0.1, 0.15) is 198 Å². The first-order valence-electron chi connectivity index (χ1n) is 26.0. The van der Waals surface area contributed by atoms with Gasteiger partial charge in [0.25, 0.3) is 0 Å². The Morgan fingerprint density at radius 1 is 0.550 bits per heavy atom. The summed E-state index contributed by atoms with van der Waals surface area (Å²) in [5, 5.41) is 33.0. The fraction of sp³-hybridized carbons (Fsp3) is 0.981. The van der Waals surface area contributed by atoms with Gasteiger partial charge in [0, 0.05) is 12.8 Å². The van der Waals surface area contributed by atoms with Gasteiger partial charge < -0.3 is 24.8 Å². The van der Waals surface area contributed by atoms with Crippen molar-refractivity contribution in [3.63, 3.8) is 0 Å². The number of fused-ring (bicyclic) bond motifs is 10. The summed E-state index contributed by atoms with van der Waals surface area (Å²) in [6.07, 6.45) is 23.3. The summed E-state index contributed by atoms with van der Waals surface area (Å²) in [7, 11) is 0. The lowest BCUT2D eigenvalue weighted by Crippen LogP contribution is -2.58. The van der Waals surface area contributed by atoms with Gasteiger partial charge in [0.15, 0.2) is 0 Å². The summed E-state index contributed by atoms with van der Waals surface area (Å²) in [5.74, 6) is 8.03. The summed E-state index contributed by atoms with van der Waals surface area (Å²) >= 11 is 0. The fourth-order valence-corrected chi connectivity index (χ4v) is 18.9. The van der Waals surface area contributed by atoms with Crippen LogP contribution in [0, 0.1) is 92.7 Å². The number of hydrogen-bond donors (Lipinski definition) is 3. The van der Waals surface area contributed by atoms with Gasteiger partial charge in [-0.05, 0) is 236 Å². The zero-order valence-corrected chi connectivity index (χ0v) is 40.0. The first-order valence-corrected chi connectivity index (χ1v) is 26.0. The highest BCUT2D eigenvalue weighted by Gasteiger charge is 2.65. The quantitative estimate of drug-likeness (QED) is 0.211. The number of rotatable bonds is 8. The number of epoxide rings is 2. The summed E-state index contributed by atoms with van der Waals surface area (Å²) in [6.45, 7) is 24.0. The van der Waals surface area contributed by atoms with E-state index in [1.165, 1.54) is 77.0 Å². The Balaban J connectivity index is 0.000000154. The Morgan fingerprint density at radius 2 is 0.967 bits per heavy atom. The van der Waals surface area contributed by atoms with Crippen molar-refractivity contribution in [1.82, 2.24) is 0 Å². The minimum atomic E-state index is -0.196. The molecule has 10 rings (SSSR count). The maximum atomic E-state index is 12.1. The van der Waals surface area contributed by atoms with Crippen molar-refractivity contribution in [1.29, 1.82) is 0 Å². The lowest BCUT2D eigenvalue weighted by Gasteiger charge is -2.62. The minimum absolute atomic E-state index is 0.111. The third-order valence-corrected chi connectivity index (χ3v) is 22.8. The van der Waals surface area contributed by atoms with E-state index in [2.05, 4.69) is 69.2 Å². The second kappa shape index (κ2) is 15.5. The standard InChI is InChI=1S/C27H46O3.C27H44O3/c2*1-16(6-9-23-25(2,3)30-23)19-7-8-20-24-21(11-13-27(19,20)5)26(4)12-10-18(28)14-17(26)15-22(24)29/h16-24,28-29H,6-15H2,1-5H3;16-17,19-24,29H,6-15H2,1-5H3/t16-,17+,18?,19-,20+,21+,22?,23?,24+,26+,27-;16-,17+,19-,20+,21+,22?,23?,24+,26+,27-/m11/s1. The Hall–Kier alpha value is -0.530. The number of aliphatic hydroxyl groups excluding tert-OH is 3. The molecule has 6 heteroatoms. The number of hydrogen-bond acceptors (Lipinski definition) is 6. The maximum Gasteiger partial charge on any atom is 0.133 e. The molecule has 0 radical (unpaired) electrons. The maximum absolute atomic E-state index is 12.1. The first kappa shape index (κ1) is 44.7. The lowest BCUT2D eigenvalue weighted by atomic mass is 9.43. The van der Waals surface area contributed by atoms with Crippen LogP contribution in [0.2, 0.25) is 0 Å². The number of carbonyl (C=O) groups is 1. The predicted octanol–water partition coefficient (Wildman–Crippen LogP) is 11.3. The van der Waals surface area contributed by atoms with Crippen LogP contribution >= 0.6 is 0 Å². The van der Waals surface area contributed by atoms with E-state index in [9.17, 15) is 20.1 Å². The molecule has 0 aromatic heterocycles. The van der Waals surface area contributed by atoms with Crippen LogP contribution < -0.4 is 0 Å². The van der Waals surface area contributed by atoms with Crippen LogP contribution in [-0.2, 0) is 14.3 Å². The molecule has 8 aliphatic carbocycles. The molecule has 2 heterocycles. The third kappa shape index (κ3) is 7.39. The molecule has 6 nitrogen and oxygen atoms in total. The van der Waals surface area contributed by atoms with Crippen LogP contribution in [0.3, 0.4) is 0 Å². The number of ketones is 1. The van der Waals surface area contributed by atoms with Gasteiger partial charge in [0.1, 0.15) is 5.78 Å². The molecule has 10 aliphatic rings. The second-order valence-electron chi connectivity index (χ2n) is 26.2. The summed E-state index contributed by atoms with van der Waals surface area (Å²) in [6, 6.07) is 0. The van der Waals surface area contributed by atoms with E-state index < -0.39 is 0 Å². The number of aliphatic hydroxyl groups is 3. The van der Waals surface area contributed by atoms with Crippen LogP contribution in [0.15, 0.2) is 0 Å². The van der Waals surface area contributed by atoms with E-state index in [4.69, 9.17) is 9.47 Å². The van der Waals surface area contributed by atoms with E-state index in [-0.39, 0.29) is 34.9 Å². The Kier molecular flexibility index (Phi) is 11.6. The van der Waals surface area contributed by atoms with E-state index in [1.54, 1.807) is 0 Å². The van der Waals surface area contributed by atoms with Gasteiger partial charge >= 0.3 is 0 Å². The molecule has 0 aromatic rings. The molecular formula is C54H90O6. The van der Waals surface area contributed by atoms with Gasteiger partial charge in [-0.3, -0.25) is 4.79 Å². The van der Waals surface area contributed by atoms with Crippen LogP contribution in [-0.4, -0.2) is 62.8 Å². The van der Waals surface area contributed by atoms with Crippen LogP contribution in [0.4, 0.5) is 0 Å². The smallest absolute Gasteiger partial charge is 0.133 e. The number of carbonyl (C=O) groups excluding carboxylic acids is 1. The molecular weight excluding hydrogens is 745 g/mol. The molecule has 5 unspecified atom stereocenters. The summed E-state index contributed by atoms with van der Waals surface area (Å²) in [4.78, 5) is 12.1. The SMILES string of the molecule is C[C@H](CCC1OC1(C)C)[C@H]1CC[C@H]2[C@@H]3C(O)C[C@@H]4CC(=O)CC[C@]4(C)[C@H]3CC[C@]12C.C[C@H](CCC1OC1(C)C)[C@H]1CC[C@H]2[C@@H]3C(O)C[C@@H]4CC(O)CC[C@]4(C)[C@H]3CC[C@]12C. The van der Waals surface area contributed by atoms with Crippen LogP contribution in [0.5, 0.6) is 0 Å². The van der Waals surface area contributed by atoms with Crippen molar-refractivity contribution in [2.24, 2.45) is 92.7 Å². The van der Waals surface area contributed by atoms with Gasteiger partial charge in [0.2, 0.25) is 0 Å². The topological polar surface area (TPSA) is 103 Å². The van der Waals surface area contributed by atoms with E-state index >= 15 is 0 Å². The van der Waals surface area contributed by atoms with Crippen molar-refractivity contribution < 1.29 is 29.6 Å². The number of Topliss-reactive ketones (excluding diaryl/α,β-unsaturated/α-hetero) is 1. The molecule has 0 amide bonds. The molecule has 0 bridgehead atoms. The third-order valence-electron chi connectivity index (χ3n) is 22.8. The first-order chi connectivity index (χ1) is 28.1. The highest BCUT2D eigenvalue weighted by atomic mass is 16.6. The molecule has 8 saturated carbocycles. The molecule has 0 spiro atoms. The molecule has 3 N–H and O–H groups in total.